The summed E-state index contributed by atoms with van der Waals surface area (Å²) in [5.74, 6) is 0.130. The lowest BCUT2D eigenvalue weighted by molar-refractivity contribution is -0.144. The third kappa shape index (κ3) is 5.16. The van der Waals surface area contributed by atoms with Gasteiger partial charge < -0.3 is 15.5 Å². The summed E-state index contributed by atoms with van der Waals surface area (Å²) in [6.07, 6.45) is 5.54. The first-order valence-corrected chi connectivity index (χ1v) is 8.04. The van der Waals surface area contributed by atoms with E-state index < -0.39 is 11.6 Å². The minimum Gasteiger partial charge on any atom is -0.481 e. The maximum absolute atomic E-state index is 10.9. The van der Waals surface area contributed by atoms with Crippen LogP contribution in [0.4, 0.5) is 0 Å². The summed E-state index contributed by atoms with van der Waals surface area (Å²) in [6, 6.07) is 0.402. The van der Waals surface area contributed by atoms with Gasteiger partial charge in [0.1, 0.15) is 0 Å². The second-order valence-corrected chi connectivity index (χ2v) is 6.39. The van der Waals surface area contributed by atoms with Crippen molar-refractivity contribution in [3.63, 3.8) is 0 Å². The van der Waals surface area contributed by atoms with Gasteiger partial charge >= 0.3 is 5.97 Å². The van der Waals surface area contributed by atoms with Gasteiger partial charge in [-0.05, 0) is 51.0 Å². The van der Waals surface area contributed by atoms with Crippen LogP contribution in [0.15, 0.2) is 0 Å². The third-order valence-corrected chi connectivity index (χ3v) is 4.44. The van der Waals surface area contributed by atoms with Crippen LogP contribution in [-0.4, -0.2) is 46.4 Å². The Morgan fingerprint density at radius 1 is 1.50 bits per heavy atom. The predicted octanol–water partition coefficient (Wildman–Crippen LogP) is 1.72. The summed E-state index contributed by atoms with van der Waals surface area (Å²) in [4.78, 5) is 10.9. The molecule has 0 aromatic carbocycles. The number of nitrogens with one attached hydrogen (secondary N) is 1. The Hall–Kier alpha value is -0.260. The number of hydrogen-bond donors (Lipinski definition) is 3. The Morgan fingerprint density at radius 3 is 2.61 bits per heavy atom. The summed E-state index contributed by atoms with van der Waals surface area (Å²) in [5.41, 5.74) is -0.709. The second-order valence-electron chi connectivity index (χ2n) is 5.40. The first-order valence-electron chi connectivity index (χ1n) is 6.64. The van der Waals surface area contributed by atoms with Crippen molar-refractivity contribution in [1.29, 1.82) is 0 Å². The molecule has 5 heteroatoms. The van der Waals surface area contributed by atoms with E-state index in [9.17, 15) is 9.90 Å². The van der Waals surface area contributed by atoms with Gasteiger partial charge in [0.15, 0.2) is 0 Å². The molecule has 0 aromatic heterocycles. The zero-order valence-electron chi connectivity index (χ0n) is 11.3. The molecule has 3 N–H and O–H groups in total. The largest absolute Gasteiger partial charge is 0.481 e. The Kier molecular flexibility index (Phi) is 6.46. The molecule has 0 saturated heterocycles. The van der Waals surface area contributed by atoms with Crippen molar-refractivity contribution in [2.45, 2.75) is 50.7 Å². The molecule has 0 heterocycles. The van der Waals surface area contributed by atoms with Gasteiger partial charge in [0.05, 0.1) is 11.5 Å². The van der Waals surface area contributed by atoms with Crippen LogP contribution in [0, 0.1) is 5.92 Å². The van der Waals surface area contributed by atoms with Crippen LogP contribution in [-0.2, 0) is 4.79 Å². The maximum Gasteiger partial charge on any atom is 0.306 e. The fourth-order valence-corrected chi connectivity index (χ4v) is 2.93. The average molecular weight is 275 g/mol. The molecule has 1 unspecified atom stereocenters. The summed E-state index contributed by atoms with van der Waals surface area (Å²) in [7, 11) is 0. The molecule has 1 rings (SSSR count). The number of hydrogen-bond acceptors (Lipinski definition) is 4. The molecule has 18 heavy (non-hydrogen) atoms. The number of aliphatic carboxylic acids is 1. The van der Waals surface area contributed by atoms with Crippen molar-refractivity contribution in [3.05, 3.63) is 0 Å². The van der Waals surface area contributed by atoms with Crippen molar-refractivity contribution in [2.75, 3.05) is 18.6 Å². The molecule has 1 atom stereocenters. The molecule has 4 nitrogen and oxygen atoms in total. The Labute approximate surface area is 114 Å². The third-order valence-electron chi connectivity index (χ3n) is 3.80. The molecule has 106 valence electrons. The average Bonchev–Trinajstić information content (AvgIpc) is 2.34. The van der Waals surface area contributed by atoms with Crippen molar-refractivity contribution >= 4 is 17.7 Å². The SMILES string of the molecule is CSCCC(C)NCC1(O)CCC(C(=O)O)CC1. The van der Waals surface area contributed by atoms with Crippen LogP contribution < -0.4 is 5.32 Å². The van der Waals surface area contributed by atoms with Crippen LogP contribution in [0.3, 0.4) is 0 Å². The highest BCUT2D eigenvalue weighted by Crippen LogP contribution is 2.31. The molecule has 0 amide bonds. The lowest BCUT2D eigenvalue weighted by Gasteiger charge is -2.35. The smallest absolute Gasteiger partial charge is 0.306 e. The zero-order chi connectivity index (χ0) is 13.6. The van der Waals surface area contributed by atoms with Gasteiger partial charge in [0.2, 0.25) is 0 Å². The molecule has 1 fully saturated rings. The predicted molar refractivity (Wildman–Crippen MR) is 75.0 cm³/mol. The van der Waals surface area contributed by atoms with Crippen molar-refractivity contribution in [2.24, 2.45) is 5.92 Å². The van der Waals surface area contributed by atoms with E-state index in [0.717, 1.165) is 12.2 Å². The lowest BCUT2D eigenvalue weighted by Crippen LogP contribution is -2.46. The van der Waals surface area contributed by atoms with Gasteiger partial charge in [0, 0.05) is 12.6 Å². The van der Waals surface area contributed by atoms with E-state index in [1.54, 1.807) is 0 Å². The van der Waals surface area contributed by atoms with Crippen molar-refractivity contribution < 1.29 is 15.0 Å². The van der Waals surface area contributed by atoms with Crippen LogP contribution in [0.25, 0.3) is 0 Å². The quantitative estimate of drug-likeness (QED) is 0.660. The zero-order valence-corrected chi connectivity index (χ0v) is 12.1. The second kappa shape index (κ2) is 7.36. The number of carbonyl (C=O) groups is 1. The number of carboxylic acid groups (broad SMARTS) is 1. The number of carboxylic acids is 1. The summed E-state index contributed by atoms with van der Waals surface area (Å²) in [6.45, 7) is 2.71. The van der Waals surface area contributed by atoms with Gasteiger partial charge in [-0.3, -0.25) is 4.79 Å². The Balaban J connectivity index is 2.27. The molecular formula is C13H25NO3S. The number of aliphatic hydroxyl groups is 1. The first kappa shape index (κ1) is 15.8. The minimum atomic E-state index is -0.724. The monoisotopic (exact) mass is 275 g/mol. The number of thioether (sulfide) groups is 1. The highest BCUT2D eigenvalue weighted by Gasteiger charge is 2.35. The van der Waals surface area contributed by atoms with E-state index in [4.69, 9.17) is 5.11 Å². The summed E-state index contributed by atoms with van der Waals surface area (Å²) < 4.78 is 0. The minimum absolute atomic E-state index is 0.265. The van der Waals surface area contributed by atoms with Crippen LogP contribution >= 0.6 is 11.8 Å². The van der Waals surface area contributed by atoms with E-state index >= 15 is 0 Å². The normalized spacial score (nSPS) is 30.1. The lowest BCUT2D eigenvalue weighted by atomic mass is 9.78. The highest BCUT2D eigenvalue weighted by atomic mass is 32.2. The molecule has 0 spiro atoms. The fraction of sp³-hybridized carbons (Fsp3) is 0.923. The number of rotatable bonds is 7. The van der Waals surface area contributed by atoms with Gasteiger partial charge in [-0.15, -0.1) is 0 Å². The molecule has 0 bridgehead atoms. The van der Waals surface area contributed by atoms with E-state index in [1.807, 2.05) is 11.8 Å². The molecule has 0 radical (unpaired) electrons. The molecule has 1 aliphatic carbocycles. The maximum atomic E-state index is 10.9. The first-order chi connectivity index (χ1) is 8.47. The van der Waals surface area contributed by atoms with Crippen LogP contribution in [0.2, 0.25) is 0 Å². The molecule has 0 aromatic rings. The molecule has 1 saturated carbocycles. The van der Waals surface area contributed by atoms with Crippen LogP contribution in [0.5, 0.6) is 0 Å². The Bertz CT molecular complexity index is 265. The summed E-state index contributed by atoms with van der Waals surface area (Å²) in [5, 5.41) is 22.7. The Morgan fingerprint density at radius 2 is 2.11 bits per heavy atom. The highest BCUT2D eigenvalue weighted by molar-refractivity contribution is 7.98. The van der Waals surface area contributed by atoms with Crippen LogP contribution in [0.1, 0.15) is 39.0 Å². The van der Waals surface area contributed by atoms with Crippen molar-refractivity contribution in [3.8, 4) is 0 Å². The van der Waals surface area contributed by atoms with Gasteiger partial charge in [-0.2, -0.15) is 11.8 Å². The fourth-order valence-electron chi connectivity index (χ4n) is 2.34. The van der Waals surface area contributed by atoms with Gasteiger partial charge in [0.25, 0.3) is 0 Å². The van der Waals surface area contributed by atoms with Gasteiger partial charge in [-0.1, -0.05) is 0 Å². The topological polar surface area (TPSA) is 69.6 Å². The standard InChI is InChI=1S/C13H25NO3S/c1-10(5-8-18-2)14-9-13(17)6-3-11(4-7-13)12(15)16/h10-11,14,17H,3-9H2,1-2H3,(H,15,16). The molecule has 1 aliphatic rings. The van der Waals surface area contributed by atoms with Gasteiger partial charge in [-0.25, -0.2) is 0 Å². The van der Waals surface area contributed by atoms with E-state index in [2.05, 4.69) is 18.5 Å². The van der Waals surface area contributed by atoms with E-state index in [-0.39, 0.29) is 5.92 Å². The van der Waals surface area contributed by atoms with Crippen molar-refractivity contribution in [1.82, 2.24) is 5.32 Å². The van der Waals surface area contributed by atoms with E-state index in [0.29, 0.717) is 38.3 Å². The molecular weight excluding hydrogens is 250 g/mol. The van der Waals surface area contributed by atoms with E-state index in [1.165, 1.54) is 0 Å². The molecule has 0 aliphatic heterocycles. The summed E-state index contributed by atoms with van der Waals surface area (Å²) >= 11 is 1.83.